The molecular weight excluding hydrogens is 420 g/mol. The van der Waals surface area contributed by atoms with Crippen molar-refractivity contribution in [3.05, 3.63) is 60.5 Å². The van der Waals surface area contributed by atoms with Gasteiger partial charge in [-0.3, -0.25) is 4.79 Å². The Hall–Kier alpha value is -3.55. The van der Waals surface area contributed by atoms with Gasteiger partial charge < -0.3 is 19.4 Å². The first kappa shape index (κ1) is 22.6. The average molecular weight is 451 g/mol. The summed E-state index contributed by atoms with van der Waals surface area (Å²) in [6.07, 6.45) is 3.10. The zero-order valence-electron chi connectivity index (χ0n) is 19.3. The fourth-order valence-electron chi connectivity index (χ4n) is 3.91. The van der Waals surface area contributed by atoms with Crippen LogP contribution < -0.4 is 5.32 Å². The monoisotopic (exact) mass is 450 g/mol. The predicted octanol–water partition coefficient (Wildman–Crippen LogP) is 4.51. The summed E-state index contributed by atoms with van der Waals surface area (Å²) in [7, 11) is 0. The second kappa shape index (κ2) is 9.52. The number of amides is 2. The van der Waals surface area contributed by atoms with E-state index in [1.165, 1.54) is 0 Å². The molecule has 1 aliphatic heterocycles. The highest BCUT2D eigenvalue weighted by atomic mass is 16.6. The Labute approximate surface area is 193 Å². The number of hydrogen-bond acceptors (Lipinski definition) is 5. The Morgan fingerprint density at radius 3 is 2.67 bits per heavy atom. The van der Waals surface area contributed by atoms with Gasteiger partial charge in [0.15, 0.2) is 5.76 Å². The molecule has 4 rings (SSSR count). The molecule has 174 valence electrons. The molecule has 1 atom stereocenters. The van der Waals surface area contributed by atoms with Crippen molar-refractivity contribution in [2.45, 2.75) is 39.2 Å². The number of ether oxygens (including phenoxy) is 1. The van der Waals surface area contributed by atoms with Gasteiger partial charge >= 0.3 is 6.09 Å². The molecule has 0 saturated carbocycles. The standard InChI is InChI=1S/C25H30N4O4/c1-25(2,3)33-24(31)28-13-7-9-18(17-28)16-26-23(30)21-15-20(22-12-8-14-32-22)27-29(21)19-10-5-4-6-11-19/h4-6,8,10-12,14-15,18H,7,9,13,16-17H2,1-3H3,(H,26,30). The predicted molar refractivity (Wildman–Crippen MR) is 124 cm³/mol. The third-order valence-corrected chi connectivity index (χ3v) is 5.44. The summed E-state index contributed by atoms with van der Waals surface area (Å²) in [4.78, 5) is 27.3. The summed E-state index contributed by atoms with van der Waals surface area (Å²) < 4.78 is 12.6. The lowest BCUT2D eigenvalue weighted by Gasteiger charge is -2.34. The molecule has 1 aliphatic rings. The maximum absolute atomic E-state index is 13.2. The van der Waals surface area contributed by atoms with Crippen molar-refractivity contribution < 1.29 is 18.7 Å². The number of benzene rings is 1. The molecule has 3 heterocycles. The number of rotatable bonds is 5. The molecule has 0 radical (unpaired) electrons. The Balaban J connectivity index is 1.45. The van der Waals surface area contributed by atoms with E-state index in [9.17, 15) is 9.59 Å². The number of piperidine rings is 1. The van der Waals surface area contributed by atoms with Crippen molar-refractivity contribution >= 4 is 12.0 Å². The van der Waals surface area contributed by atoms with Crippen LogP contribution in [0.25, 0.3) is 17.1 Å². The number of furan rings is 1. The van der Waals surface area contributed by atoms with Gasteiger partial charge in [0.05, 0.1) is 12.0 Å². The number of hydrogen-bond donors (Lipinski definition) is 1. The maximum Gasteiger partial charge on any atom is 0.410 e. The highest BCUT2D eigenvalue weighted by molar-refractivity contribution is 5.94. The van der Waals surface area contributed by atoms with Gasteiger partial charge in [-0.05, 0) is 63.8 Å². The van der Waals surface area contributed by atoms with Gasteiger partial charge in [-0.15, -0.1) is 0 Å². The molecule has 1 saturated heterocycles. The Morgan fingerprint density at radius 2 is 1.97 bits per heavy atom. The number of nitrogens with one attached hydrogen (secondary N) is 1. The van der Waals surface area contributed by atoms with Crippen LogP contribution in [0, 0.1) is 5.92 Å². The summed E-state index contributed by atoms with van der Waals surface area (Å²) in [5.41, 5.74) is 1.27. The van der Waals surface area contributed by atoms with Crippen LogP contribution in [0.15, 0.2) is 59.2 Å². The molecule has 8 nitrogen and oxygen atoms in total. The van der Waals surface area contributed by atoms with Crippen LogP contribution in [0.5, 0.6) is 0 Å². The Morgan fingerprint density at radius 1 is 1.18 bits per heavy atom. The molecule has 8 heteroatoms. The summed E-state index contributed by atoms with van der Waals surface area (Å²) in [5.74, 6) is 0.533. The van der Waals surface area contributed by atoms with Gasteiger partial charge in [-0.25, -0.2) is 9.48 Å². The van der Waals surface area contributed by atoms with Crippen molar-refractivity contribution in [3.8, 4) is 17.1 Å². The average Bonchev–Trinajstić information content (AvgIpc) is 3.47. The molecule has 1 fully saturated rings. The molecule has 33 heavy (non-hydrogen) atoms. The molecule has 0 aliphatic carbocycles. The smallest absolute Gasteiger partial charge is 0.410 e. The molecule has 1 aromatic carbocycles. The summed E-state index contributed by atoms with van der Waals surface area (Å²) in [5, 5.41) is 7.64. The van der Waals surface area contributed by atoms with Crippen molar-refractivity contribution in [1.82, 2.24) is 20.0 Å². The normalized spacial score (nSPS) is 16.5. The highest BCUT2D eigenvalue weighted by Crippen LogP contribution is 2.23. The van der Waals surface area contributed by atoms with Gasteiger partial charge in [-0.2, -0.15) is 5.10 Å². The van der Waals surface area contributed by atoms with Gasteiger partial charge in [0, 0.05) is 25.7 Å². The van der Waals surface area contributed by atoms with E-state index in [1.807, 2.05) is 57.2 Å². The first-order valence-electron chi connectivity index (χ1n) is 11.3. The second-order valence-corrected chi connectivity index (χ2v) is 9.28. The fourth-order valence-corrected chi connectivity index (χ4v) is 3.91. The van der Waals surface area contributed by atoms with Crippen LogP contribution in [0.4, 0.5) is 4.79 Å². The summed E-state index contributed by atoms with van der Waals surface area (Å²) in [6.45, 7) is 7.28. The third-order valence-electron chi connectivity index (χ3n) is 5.44. The molecule has 0 bridgehead atoms. The van der Waals surface area contributed by atoms with E-state index in [4.69, 9.17) is 9.15 Å². The zero-order valence-corrected chi connectivity index (χ0v) is 19.3. The largest absolute Gasteiger partial charge is 0.463 e. The number of nitrogens with zero attached hydrogens (tertiary/aromatic N) is 3. The van der Waals surface area contributed by atoms with E-state index in [0.717, 1.165) is 18.5 Å². The zero-order chi connectivity index (χ0) is 23.4. The van der Waals surface area contributed by atoms with Crippen LogP contribution in [0.3, 0.4) is 0 Å². The molecular formula is C25H30N4O4. The summed E-state index contributed by atoms with van der Waals surface area (Å²) >= 11 is 0. The van der Waals surface area contributed by atoms with Gasteiger partial charge in [-0.1, -0.05) is 18.2 Å². The lowest BCUT2D eigenvalue weighted by Crippen LogP contribution is -2.45. The van der Waals surface area contributed by atoms with Crippen LogP contribution >= 0.6 is 0 Å². The molecule has 3 aromatic rings. The highest BCUT2D eigenvalue weighted by Gasteiger charge is 2.28. The first-order valence-corrected chi connectivity index (χ1v) is 11.3. The Kier molecular flexibility index (Phi) is 6.53. The van der Waals surface area contributed by atoms with Crippen molar-refractivity contribution in [1.29, 1.82) is 0 Å². The SMILES string of the molecule is CC(C)(C)OC(=O)N1CCCC(CNC(=O)c2cc(-c3ccco3)nn2-c2ccccc2)C1. The van der Waals surface area contributed by atoms with E-state index in [1.54, 1.807) is 28.0 Å². The fraction of sp³-hybridized carbons (Fsp3) is 0.400. The van der Waals surface area contributed by atoms with Gasteiger partial charge in [0.25, 0.3) is 5.91 Å². The topological polar surface area (TPSA) is 89.6 Å². The quantitative estimate of drug-likeness (QED) is 0.618. The minimum Gasteiger partial charge on any atom is -0.463 e. The third kappa shape index (κ3) is 5.63. The molecule has 2 aromatic heterocycles. The number of carbonyl (C=O) groups excluding carboxylic acids is 2. The van der Waals surface area contributed by atoms with Crippen LogP contribution in [0.2, 0.25) is 0 Å². The second-order valence-electron chi connectivity index (χ2n) is 9.28. The number of carbonyl (C=O) groups is 2. The van der Waals surface area contributed by atoms with Crippen LogP contribution in [-0.4, -0.2) is 51.9 Å². The number of aromatic nitrogens is 2. The lowest BCUT2D eigenvalue weighted by atomic mass is 9.98. The van der Waals surface area contributed by atoms with E-state index in [-0.39, 0.29) is 17.9 Å². The van der Waals surface area contributed by atoms with E-state index < -0.39 is 5.60 Å². The van der Waals surface area contributed by atoms with Crippen LogP contribution in [0.1, 0.15) is 44.1 Å². The van der Waals surface area contributed by atoms with Crippen molar-refractivity contribution in [2.75, 3.05) is 19.6 Å². The maximum atomic E-state index is 13.2. The molecule has 1 unspecified atom stereocenters. The Bertz CT molecular complexity index is 1080. The van der Waals surface area contributed by atoms with E-state index >= 15 is 0 Å². The minimum absolute atomic E-state index is 0.160. The van der Waals surface area contributed by atoms with Gasteiger partial charge in [0.1, 0.15) is 17.0 Å². The van der Waals surface area contributed by atoms with E-state index in [2.05, 4.69) is 10.4 Å². The molecule has 1 N–H and O–H groups in total. The van der Waals surface area contributed by atoms with Crippen LogP contribution in [-0.2, 0) is 4.74 Å². The lowest BCUT2D eigenvalue weighted by molar-refractivity contribution is 0.0167. The van der Waals surface area contributed by atoms with Gasteiger partial charge in [0.2, 0.25) is 0 Å². The molecule has 2 amide bonds. The van der Waals surface area contributed by atoms with E-state index in [0.29, 0.717) is 36.8 Å². The van der Waals surface area contributed by atoms with Crippen molar-refractivity contribution in [2.24, 2.45) is 5.92 Å². The number of likely N-dealkylation sites (tertiary alicyclic amines) is 1. The molecule has 0 spiro atoms. The van der Waals surface area contributed by atoms with Crippen molar-refractivity contribution in [3.63, 3.8) is 0 Å². The number of para-hydroxylation sites is 1. The summed E-state index contributed by atoms with van der Waals surface area (Å²) in [6, 6.07) is 14.8. The first-order chi connectivity index (χ1) is 15.8. The minimum atomic E-state index is -0.528.